The zero-order valence-electron chi connectivity index (χ0n) is 15.1. The van der Waals surface area contributed by atoms with Crippen molar-refractivity contribution in [2.24, 2.45) is 0 Å². The van der Waals surface area contributed by atoms with Crippen LogP contribution in [0, 0.1) is 0 Å². The van der Waals surface area contributed by atoms with Crippen LogP contribution in [0.3, 0.4) is 0 Å². The average molecular weight is 363 g/mol. The predicted molar refractivity (Wildman–Crippen MR) is 102 cm³/mol. The van der Waals surface area contributed by atoms with E-state index >= 15 is 0 Å². The standard InChI is InChI=1S/C21H21N3O3/c1-26-18-9-7-16(8-10-18)11-12-22-21(25)19-13-20(24-15-23-19)27-14-17-5-3-2-4-6-17/h2-10,13,15H,11-12,14H2,1H3,(H,22,25). The Morgan fingerprint density at radius 1 is 1.00 bits per heavy atom. The number of nitrogens with one attached hydrogen (secondary N) is 1. The number of aromatic nitrogens is 2. The molecule has 0 aliphatic heterocycles. The lowest BCUT2D eigenvalue weighted by molar-refractivity contribution is 0.0948. The van der Waals surface area contributed by atoms with Crippen molar-refractivity contribution in [1.29, 1.82) is 0 Å². The summed E-state index contributed by atoms with van der Waals surface area (Å²) in [6.07, 6.45) is 2.05. The number of ether oxygens (including phenoxy) is 2. The Bertz CT molecular complexity index is 867. The second-order valence-corrected chi connectivity index (χ2v) is 5.87. The zero-order chi connectivity index (χ0) is 18.9. The fraction of sp³-hybridized carbons (Fsp3) is 0.190. The fourth-order valence-electron chi connectivity index (χ4n) is 2.48. The van der Waals surface area contributed by atoms with Crippen LogP contribution in [-0.2, 0) is 13.0 Å². The maximum atomic E-state index is 12.3. The van der Waals surface area contributed by atoms with Gasteiger partial charge in [0, 0.05) is 12.6 Å². The number of nitrogens with zero attached hydrogens (tertiary/aromatic N) is 2. The number of carbonyl (C=O) groups is 1. The first-order valence-electron chi connectivity index (χ1n) is 8.64. The molecule has 0 aliphatic carbocycles. The number of amides is 1. The first-order valence-corrected chi connectivity index (χ1v) is 8.64. The summed E-state index contributed by atoms with van der Waals surface area (Å²) < 4.78 is 10.8. The molecule has 0 radical (unpaired) electrons. The molecule has 138 valence electrons. The highest BCUT2D eigenvalue weighted by molar-refractivity contribution is 5.92. The van der Waals surface area contributed by atoms with Crippen LogP contribution in [0.1, 0.15) is 21.6 Å². The van der Waals surface area contributed by atoms with E-state index in [-0.39, 0.29) is 11.6 Å². The fourth-order valence-corrected chi connectivity index (χ4v) is 2.48. The van der Waals surface area contributed by atoms with Gasteiger partial charge in [-0.25, -0.2) is 9.97 Å². The molecule has 0 saturated heterocycles. The highest BCUT2D eigenvalue weighted by Gasteiger charge is 2.09. The van der Waals surface area contributed by atoms with Crippen LogP contribution in [0.25, 0.3) is 0 Å². The van der Waals surface area contributed by atoms with Crippen molar-refractivity contribution in [1.82, 2.24) is 15.3 Å². The molecular weight excluding hydrogens is 342 g/mol. The highest BCUT2D eigenvalue weighted by Crippen LogP contribution is 2.12. The van der Waals surface area contributed by atoms with E-state index in [0.29, 0.717) is 19.0 Å². The summed E-state index contributed by atoms with van der Waals surface area (Å²) in [4.78, 5) is 20.4. The molecule has 1 heterocycles. The van der Waals surface area contributed by atoms with Crippen molar-refractivity contribution in [3.63, 3.8) is 0 Å². The van der Waals surface area contributed by atoms with E-state index in [9.17, 15) is 4.79 Å². The van der Waals surface area contributed by atoms with Crippen LogP contribution in [0.5, 0.6) is 11.6 Å². The number of carbonyl (C=O) groups excluding carboxylic acids is 1. The zero-order valence-corrected chi connectivity index (χ0v) is 15.1. The molecule has 0 saturated carbocycles. The molecule has 1 aromatic heterocycles. The second kappa shape index (κ2) is 9.33. The van der Waals surface area contributed by atoms with E-state index in [1.807, 2.05) is 54.6 Å². The SMILES string of the molecule is COc1ccc(CCNC(=O)c2cc(OCc3ccccc3)ncn2)cc1. The van der Waals surface area contributed by atoms with Crippen molar-refractivity contribution in [2.45, 2.75) is 13.0 Å². The molecule has 0 fully saturated rings. The van der Waals surface area contributed by atoms with Gasteiger partial charge in [-0.2, -0.15) is 0 Å². The van der Waals surface area contributed by atoms with E-state index in [0.717, 1.165) is 23.3 Å². The second-order valence-electron chi connectivity index (χ2n) is 5.87. The van der Waals surface area contributed by atoms with Crippen molar-refractivity contribution in [3.05, 3.63) is 83.8 Å². The van der Waals surface area contributed by atoms with E-state index in [1.165, 1.54) is 6.33 Å². The summed E-state index contributed by atoms with van der Waals surface area (Å²) in [7, 11) is 1.63. The van der Waals surface area contributed by atoms with Gasteiger partial charge >= 0.3 is 0 Å². The Labute approximate surface area is 158 Å². The number of benzene rings is 2. The Balaban J connectivity index is 1.50. The molecule has 1 amide bonds. The number of hydrogen-bond acceptors (Lipinski definition) is 5. The lowest BCUT2D eigenvalue weighted by atomic mass is 10.1. The number of rotatable bonds is 8. The quantitative estimate of drug-likeness (QED) is 0.666. The van der Waals surface area contributed by atoms with Gasteiger partial charge in [0.1, 0.15) is 24.4 Å². The lowest BCUT2D eigenvalue weighted by Crippen LogP contribution is -2.26. The van der Waals surface area contributed by atoms with Crippen LogP contribution in [0.2, 0.25) is 0 Å². The Hall–Kier alpha value is -3.41. The molecule has 3 aromatic rings. The number of hydrogen-bond donors (Lipinski definition) is 1. The Kier molecular flexibility index (Phi) is 6.35. The van der Waals surface area contributed by atoms with Crippen LogP contribution < -0.4 is 14.8 Å². The molecular formula is C21H21N3O3. The van der Waals surface area contributed by atoms with Gasteiger partial charge in [-0.15, -0.1) is 0 Å². The highest BCUT2D eigenvalue weighted by atomic mass is 16.5. The van der Waals surface area contributed by atoms with Gasteiger partial charge in [0.05, 0.1) is 7.11 Å². The monoisotopic (exact) mass is 363 g/mol. The third kappa shape index (κ3) is 5.54. The summed E-state index contributed by atoms with van der Waals surface area (Å²) in [5.41, 5.74) is 2.43. The van der Waals surface area contributed by atoms with Gasteiger partial charge in [0.25, 0.3) is 5.91 Å². The minimum atomic E-state index is -0.254. The molecule has 0 atom stereocenters. The molecule has 27 heavy (non-hydrogen) atoms. The van der Waals surface area contributed by atoms with Gasteiger partial charge in [0.2, 0.25) is 5.88 Å². The van der Waals surface area contributed by atoms with Crippen LogP contribution in [0.15, 0.2) is 67.0 Å². The Morgan fingerprint density at radius 3 is 2.52 bits per heavy atom. The third-order valence-electron chi connectivity index (χ3n) is 3.96. The molecule has 0 spiro atoms. The average Bonchev–Trinajstić information content (AvgIpc) is 2.73. The van der Waals surface area contributed by atoms with E-state index < -0.39 is 0 Å². The molecule has 0 bridgehead atoms. The van der Waals surface area contributed by atoms with Crippen molar-refractivity contribution < 1.29 is 14.3 Å². The van der Waals surface area contributed by atoms with Gasteiger partial charge in [-0.05, 0) is 29.7 Å². The normalized spacial score (nSPS) is 10.3. The summed E-state index contributed by atoms with van der Waals surface area (Å²) >= 11 is 0. The van der Waals surface area contributed by atoms with Crippen molar-refractivity contribution >= 4 is 5.91 Å². The maximum absolute atomic E-state index is 12.3. The molecule has 0 unspecified atom stereocenters. The van der Waals surface area contributed by atoms with Crippen LogP contribution >= 0.6 is 0 Å². The number of methoxy groups -OCH3 is 1. The summed E-state index contributed by atoms with van der Waals surface area (Å²) in [5.74, 6) is 0.927. The van der Waals surface area contributed by atoms with Gasteiger partial charge < -0.3 is 14.8 Å². The molecule has 2 aromatic carbocycles. The molecule has 6 heteroatoms. The summed E-state index contributed by atoms with van der Waals surface area (Å²) in [6.45, 7) is 0.895. The molecule has 1 N–H and O–H groups in total. The molecule has 3 rings (SSSR count). The molecule has 6 nitrogen and oxygen atoms in total. The third-order valence-corrected chi connectivity index (χ3v) is 3.96. The van der Waals surface area contributed by atoms with Crippen molar-refractivity contribution in [2.75, 3.05) is 13.7 Å². The summed E-state index contributed by atoms with van der Waals surface area (Å²) in [6, 6.07) is 19.1. The predicted octanol–water partition coefficient (Wildman–Crippen LogP) is 3.04. The van der Waals surface area contributed by atoms with Crippen LogP contribution in [-0.4, -0.2) is 29.5 Å². The lowest BCUT2D eigenvalue weighted by Gasteiger charge is -2.08. The van der Waals surface area contributed by atoms with E-state index in [1.54, 1.807) is 13.2 Å². The summed E-state index contributed by atoms with van der Waals surface area (Å²) in [5, 5.41) is 2.86. The minimum absolute atomic E-state index is 0.254. The first kappa shape index (κ1) is 18.4. The van der Waals surface area contributed by atoms with Gasteiger partial charge in [-0.1, -0.05) is 42.5 Å². The van der Waals surface area contributed by atoms with Gasteiger partial charge in [0.15, 0.2) is 0 Å². The maximum Gasteiger partial charge on any atom is 0.270 e. The van der Waals surface area contributed by atoms with E-state index in [2.05, 4.69) is 15.3 Å². The Morgan fingerprint density at radius 2 is 1.78 bits per heavy atom. The minimum Gasteiger partial charge on any atom is -0.497 e. The van der Waals surface area contributed by atoms with Crippen LogP contribution in [0.4, 0.5) is 0 Å². The van der Waals surface area contributed by atoms with E-state index in [4.69, 9.17) is 9.47 Å². The largest absolute Gasteiger partial charge is 0.497 e. The van der Waals surface area contributed by atoms with Crippen molar-refractivity contribution in [3.8, 4) is 11.6 Å². The topological polar surface area (TPSA) is 73.3 Å². The molecule has 0 aliphatic rings. The van der Waals surface area contributed by atoms with Gasteiger partial charge in [-0.3, -0.25) is 4.79 Å². The smallest absolute Gasteiger partial charge is 0.270 e. The first-order chi connectivity index (χ1) is 13.2.